The van der Waals surface area contributed by atoms with Crippen molar-refractivity contribution in [2.24, 2.45) is 0 Å². The van der Waals surface area contributed by atoms with Crippen LogP contribution in [0.2, 0.25) is 0 Å². The minimum atomic E-state index is 0.595. The van der Waals surface area contributed by atoms with Gasteiger partial charge in [0, 0.05) is 12.2 Å². The zero-order chi connectivity index (χ0) is 14.6. The lowest BCUT2D eigenvalue weighted by Crippen LogP contribution is -2.28. The van der Waals surface area contributed by atoms with E-state index in [1.54, 1.807) is 6.08 Å². The summed E-state index contributed by atoms with van der Waals surface area (Å²) in [7, 11) is 0. The average molecular weight is 292 g/mol. The number of thiocarbonyl (C=S) groups is 1. The zero-order valence-electron chi connectivity index (χ0n) is 12.2. The van der Waals surface area contributed by atoms with Gasteiger partial charge in [0.15, 0.2) is 5.11 Å². The van der Waals surface area contributed by atoms with E-state index in [4.69, 9.17) is 17.0 Å². The molecule has 2 N–H and O–H groups in total. The van der Waals surface area contributed by atoms with Crippen LogP contribution < -0.4 is 15.4 Å². The van der Waals surface area contributed by atoms with E-state index in [1.165, 1.54) is 19.3 Å². The minimum absolute atomic E-state index is 0.595. The van der Waals surface area contributed by atoms with Crippen molar-refractivity contribution in [2.45, 2.75) is 32.6 Å². The Kier molecular flexibility index (Phi) is 8.47. The molecule has 1 rings (SSSR count). The van der Waals surface area contributed by atoms with Crippen molar-refractivity contribution in [1.82, 2.24) is 5.32 Å². The van der Waals surface area contributed by atoms with Crippen LogP contribution in [-0.2, 0) is 0 Å². The molecule has 0 spiro atoms. The summed E-state index contributed by atoms with van der Waals surface area (Å²) in [5.74, 6) is 0.900. The quantitative estimate of drug-likeness (QED) is 0.407. The summed E-state index contributed by atoms with van der Waals surface area (Å²) in [4.78, 5) is 0. The summed E-state index contributed by atoms with van der Waals surface area (Å²) >= 11 is 5.14. The molecule has 0 bridgehead atoms. The van der Waals surface area contributed by atoms with E-state index in [0.717, 1.165) is 24.5 Å². The normalized spacial score (nSPS) is 9.85. The largest absolute Gasteiger partial charge is 0.494 e. The molecule has 4 heteroatoms. The minimum Gasteiger partial charge on any atom is -0.494 e. The van der Waals surface area contributed by atoms with Crippen molar-refractivity contribution < 1.29 is 4.74 Å². The van der Waals surface area contributed by atoms with E-state index in [9.17, 15) is 0 Å². The third-order valence-electron chi connectivity index (χ3n) is 2.79. The molecular formula is C16H24N2OS. The van der Waals surface area contributed by atoms with E-state index in [2.05, 4.69) is 24.1 Å². The monoisotopic (exact) mass is 292 g/mol. The van der Waals surface area contributed by atoms with E-state index < -0.39 is 0 Å². The van der Waals surface area contributed by atoms with Gasteiger partial charge in [-0.3, -0.25) is 0 Å². The molecule has 0 aromatic heterocycles. The van der Waals surface area contributed by atoms with Crippen LogP contribution in [0.4, 0.5) is 5.69 Å². The number of rotatable bonds is 9. The van der Waals surface area contributed by atoms with Gasteiger partial charge in [0.1, 0.15) is 5.75 Å². The molecule has 0 amide bonds. The maximum absolute atomic E-state index is 5.69. The fraction of sp³-hybridized carbons (Fsp3) is 0.438. The molecule has 0 heterocycles. The van der Waals surface area contributed by atoms with Gasteiger partial charge in [-0.2, -0.15) is 0 Å². The highest BCUT2D eigenvalue weighted by molar-refractivity contribution is 7.80. The molecule has 1 aromatic carbocycles. The van der Waals surface area contributed by atoms with Crippen molar-refractivity contribution >= 4 is 23.0 Å². The van der Waals surface area contributed by atoms with E-state index in [-0.39, 0.29) is 0 Å². The highest BCUT2D eigenvalue weighted by atomic mass is 32.1. The Bertz CT molecular complexity index is 403. The summed E-state index contributed by atoms with van der Waals surface area (Å²) < 4.78 is 5.69. The first-order valence-electron chi connectivity index (χ1n) is 7.15. The molecule has 0 unspecified atom stereocenters. The number of hydrogen-bond acceptors (Lipinski definition) is 2. The van der Waals surface area contributed by atoms with Crippen LogP contribution in [0.1, 0.15) is 32.6 Å². The molecule has 0 atom stereocenters. The van der Waals surface area contributed by atoms with E-state index in [1.807, 2.05) is 24.3 Å². The van der Waals surface area contributed by atoms with Crippen LogP contribution in [0.25, 0.3) is 0 Å². The van der Waals surface area contributed by atoms with Crippen LogP contribution in [0.5, 0.6) is 5.75 Å². The van der Waals surface area contributed by atoms with Gasteiger partial charge in [-0.05, 0) is 42.9 Å². The number of ether oxygens (including phenoxy) is 1. The van der Waals surface area contributed by atoms with Gasteiger partial charge in [0.2, 0.25) is 0 Å². The second kappa shape index (κ2) is 10.3. The summed E-state index contributed by atoms with van der Waals surface area (Å²) in [5.41, 5.74) is 0.949. The number of anilines is 1. The molecular weight excluding hydrogens is 268 g/mol. The molecule has 0 saturated heterocycles. The number of nitrogens with one attached hydrogen (secondary N) is 2. The maximum Gasteiger partial charge on any atom is 0.171 e. The number of benzene rings is 1. The Morgan fingerprint density at radius 2 is 2.00 bits per heavy atom. The summed E-state index contributed by atoms with van der Waals surface area (Å²) in [5, 5.41) is 6.72. The van der Waals surface area contributed by atoms with Gasteiger partial charge in [-0.15, -0.1) is 6.58 Å². The lowest BCUT2D eigenvalue weighted by atomic mass is 10.2. The number of unbranched alkanes of at least 4 members (excludes halogenated alkanes) is 3. The molecule has 0 aliphatic carbocycles. The standard InChI is InChI=1S/C16H24N2OS/c1-3-5-6-7-13-19-15-10-8-14(9-11-15)18-16(20)17-12-4-2/h4,8-11H,2-3,5-7,12-13H2,1H3,(H2,17,18,20). The average Bonchev–Trinajstić information content (AvgIpc) is 2.46. The van der Waals surface area contributed by atoms with Crippen molar-refractivity contribution in [1.29, 1.82) is 0 Å². The van der Waals surface area contributed by atoms with Crippen molar-refractivity contribution in [3.05, 3.63) is 36.9 Å². The van der Waals surface area contributed by atoms with Gasteiger partial charge >= 0.3 is 0 Å². The topological polar surface area (TPSA) is 33.3 Å². The molecule has 110 valence electrons. The molecule has 0 fully saturated rings. The number of hydrogen-bond donors (Lipinski definition) is 2. The Morgan fingerprint density at radius 1 is 1.25 bits per heavy atom. The van der Waals surface area contributed by atoms with Gasteiger partial charge in [-0.25, -0.2) is 0 Å². The third-order valence-corrected chi connectivity index (χ3v) is 3.03. The van der Waals surface area contributed by atoms with Gasteiger partial charge < -0.3 is 15.4 Å². The summed E-state index contributed by atoms with van der Waals surface area (Å²) in [6.45, 7) is 7.28. The van der Waals surface area contributed by atoms with E-state index >= 15 is 0 Å². The Morgan fingerprint density at radius 3 is 2.65 bits per heavy atom. The Labute approximate surface area is 127 Å². The van der Waals surface area contributed by atoms with E-state index in [0.29, 0.717) is 11.7 Å². The highest BCUT2D eigenvalue weighted by Crippen LogP contribution is 2.16. The second-order valence-corrected chi connectivity index (χ2v) is 4.97. The third kappa shape index (κ3) is 7.14. The van der Waals surface area contributed by atoms with Gasteiger partial charge in [0.05, 0.1) is 6.61 Å². The van der Waals surface area contributed by atoms with Crippen molar-refractivity contribution in [2.75, 3.05) is 18.5 Å². The van der Waals surface area contributed by atoms with Gasteiger partial charge in [0.25, 0.3) is 0 Å². The van der Waals surface area contributed by atoms with Crippen LogP contribution in [0.15, 0.2) is 36.9 Å². The molecule has 0 radical (unpaired) electrons. The van der Waals surface area contributed by atoms with Crippen molar-refractivity contribution in [3.63, 3.8) is 0 Å². The van der Waals surface area contributed by atoms with Crippen molar-refractivity contribution in [3.8, 4) is 5.75 Å². The second-order valence-electron chi connectivity index (χ2n) is 4.56. The van der Waals surface area contributed by atoms with Crippen LogP contribution in [0, 0.1) is 0 Å². The molecule has 3 nitrogen and oxygen atoms in total. The molecule has 0 aliphatic rings. The Hall–Kier alpha value is -1.55. The first-order chi connectivity index (χ1) is 9.76. The molecule has 0 aliphatic heterocycles. The predicted octanol–water partition coefficient (Wildman–Crippen LogP) is 4.12. The SMILES string of the molecule is C=CCNC(=S)Nc1ccc(OCCCCCC)cc1. The first-order valence-corrected chi connectivity index (χ1v) is 7.55. The Balaban J connectivity index is 2.29. The van der Waals surface area contributed by atoms with Gasteiger partial charge in [-0.1, -0.05) is 32.3 Å². The van der Waals surface area contributed by atoms with Crippen LogP contribution in [0.3, 0.4) is 0 Å². The smallest absolute Gasteiger partial charge is 0.171 e. The molecule has 0 saturated carbocycles. The first kappa shape index (κ1) is 16.5. The summed E-state index contributed by atoms with van der Waals surface area (Å²) in [6.07, 6.45) is 6.65. The lowest BCUT2D eigenvalue weighted by Gasteiger charge is -2.10. The highest BCUT2D eigenvalue weighted by Gasteiger charge is 1.98. The lowest BCUT2D eigenvalue weighted by molar-refractivity contribution is 0.305. The fourth-order valence-electron chi connectivity index (χ4n) is 1.69. The maximum atomic E-state index is 5.69. The summed E-state index contributed by atoms with van der Waals surface area (Å²) in [6, 6.07) is 7.84. The molecule has 1 aromatic rings. The predicted molar refractivity (Wildman–Crippen MR) is 90.5 cm³/mol. The van der Waals surface area contributed by atoms with Crippen LogP contribution >= 0.6 is 12.2 Å². The van der Waals surface area contributed by atoms with Crippen LogP contribution in [-0.4, -0.2) is 18.3 Å². The molecule has 20 heavy (non-hydrogen) atoms. The fourth-order valence-corrected chi connectivity index (χ4v) is 1.89. The zero-order valence-corrected chi connectivity index (χ0v) is 13.0.